The molecule has 3 aromatic rings. The predicted molar refractivity (Wildman–Crippen MR) is 121 cm³/mol. The number of hydrogen-bond acceptors (Lipinski definition) is 8. The number of carbonyl (C=O) groups is 3. The molecule has 2 aromatic carbocycles. The van der Waals surface area contributed by atoms with Crippen molar-refractivity contribution >= 4 is 23.5 Å². The number of methoxy groups -OCH3 is 2. The van der Waals surface area contributed by atoms with Gasteiger partial charge >= 0.3 is 11.9 Å². The summed E-state index contributed by atoms with van der Waals surface area (Å²) in [5.41, 5.74) is 1.81. The maximum Gasteiger partial charge on any atom is 0.337 e. The molecule has 10 heteroatoms. The highest BCUT2D eigenvalue weighted by atomic mass is 16.5. The van der Waals surface area contributed by atoms with Crippen molar-refractivity contribution in [1.82, 2.24) is 9.78 Å². The van der Waals surface area contributed by atoms with Crippen molar-refractivity contribution in [2.75, 3.05) is 32.8 Å². The van der Waals surface area contributed by atoms with Crippen LogP contribution in [0.4, 0.5) is 5.69 Å². The molecule has 0 fully saturated rings. The number of ether oxygens (including phenoxy) is 4. The Morgan fingerprint density at radius 3 is 2.24 bits per heavy atom. The Morgan fingerprint density at radius 2 is 1.59 bits per heavy atom. The number of nitrogens with zero attached hydrogens (tertiary/aromatic N) is 2. The maximum atomic E-state index is 13.2. The molecule has 0 atom stereocenters. The molecule has 0 spiro atoms. The van der Waals surface area contributed by atoms with Crippen LogP contribution in [0.25, 0.3) is 11.3 Å². The second-order valence-corrected chi connectivity index (χ2v) is 7.51. The van der Waals surface area contributed by atoms with Crippen molar-refractivity contribution in [1.29, 1.82) is 0 Å². The SMILES string of the molecule is COC(=O)c1cc(NC(=O)c2cn(C)nc2-c2ccc3c(c2)OCCCO3)cc(C(=O)OC)c1. The van der Waals surface area contributed by atoms with E-state index in [2.05, 4.69) is 10.4 Å². The normalized spacial score (nSPS) is 12.4. The molecule has 1 aromatic heterocycles. The van der Waals surface area contributed by atoms with Crippen LogP contribution in [-0.2, 0) is 16.5 Å². The third-order valence-corrected chi connectivity index (χ3v) is 5.13. The summed E-state index contributed by atoms with van der Waals surface area (Å²) >= 11 is 0. The quantitative estimate of drug-likeness (QED) is 0.571. The average molecular weight is 465 g/mol. The molecule has 0 aliphatic carbocycles. The van der Waals surface area contributed by atoms with Crippen molar-refractivity contribution in [3.63, 3.8) is 0 Å². The van der Waals surface area contributed by atoms with Crippen LogP contribution in [0.3, 0.4) is 0 Å². The van der Waals surface area contributed by atoms with E-state index >= 15 is 0 Å². The van der Waals surface area contributed by atoms with Gasteiger partial charge in [-0.05, 0) is 36.4 Å². The number of aromatic nitrogens is 2. The Labute approximate surface area is 195 Å². The van der Waals surface area contributed by atoms with Gasteiger partial charge in [0, 0.05) is 30.9 Å². The first-order valence-electron chi connectivity index (χ1n) is 10.5. The molecule has 1 aliphatic rings. The maximum absolute atomic E-state index is 13.2. The summed E-state index contributed by atoms with van der Waals surface area (Å²) in [7, 11) is 4.15. The highest BCUT2D eigenvalue weighted by Crippen LogP contribution is 2.35. The molecule has 0 unspecified atom stereocenters. The van der Waals surface area contributed by atoms with Crippen LogP contribution in [0, 0.1) is 0 Å². The van der Waals surface area contributed by atoms with Gasteiger partial charge in [-0.3, -0.25) is 9.48 Å². The third-order valence-electron chi connectivity index (χ3n) is 5.13. The summed E-state index contributed by atoms with van der Waals surface area (Å²) in [6, 6.07) is 9.54. The van der Waals surface area contributed by atoms with Crippen molar-refractivity contribution in [3.8, 4) is 22.8 Å². The topological polar surface area (TPSA) is 118 Å². The molecule has 4 rings (SSSR count). The number of anilines is 1. The van der Waals surface area contributed by atoms with Gasteiger partial charge in [0.25, 0.3) is 5.91 Å². The van der Waals surface area contributed by atoms with Gasteiger partial charge in [0.05, 0.1) is 44.1 Å². The first-order valence-corrected chi connectivity index (χ1v) is 10.5. The van der Waals surface area contributed by atoms with Crippen molar-refractivity contribution in [2.24, 2.45) is 7.05 Å². The molecule has 0 radical (unpaired) electrons. The lowest BCUT2D eigenvalue weighted by Crippen LogP contribution is -2.14. The minimum atomic E-state index is -0.657. The summed E-state index contributed by atoms with van der Waals surface area (Å²) in [5, 5.41) is 7.17. The van der Waals surface area contributed by atoms with Gasteiger partial charge < -0.3 is 24.3 Å². The molecule has 176 valence electrons. The first-order chi connectivity index (χ1) is 16.4. The van der Waals surface area contributed by atoms with Gasteiger partial charge in [-0.2, -0.15) is 5.10 Å². The van der Waals surface area contributed by atoms with Crippen LogP contribution < -0.4 is 14.8 Å². The Balaban J connectivity index is 1.67. The number of aryl methyl sites for hydroxylation is 1. The van der Waals surface area contributed by atoms with Crippen molar-refractivity contribution in [2.45, 2.75) is 6.42 Å². The van der Waals surface area contributed by atoms with Crippen molar-refractivity contribution < 1.29 is 33.3 Å². The fourth-order valence-corrected chi connectivity index (χ4v) is 3.55. The van der Waals surface area contributed by atoms with Crippen LogP contribution in [0.2, 0.25) is 0 Å². The number of nitrogens with one attached hydrogen (secondary N) is 1. The molecule has 1 N–H and O–H groups in total. The summed E-state index contributed by atoms with van der Waals surface area (Å²) < 4.78 is 22.4. The van der Waals surface area contributed by atoms with E-state index in [0.717, 1.165) is 6.42 Å². The Morgan fingerprint density at radius 1 is 0.941 bits per heavy atom. The second kappa shape index (κ2) is 9.65. The van der Waals surface area contributed by atoms with Gasteiger partial charge in [-0.15, -0.1) is 0 Å². The van der Waals surface area contributed by atoms with E-state index in [-0.39, 0.29) is 16.8 Å². The van der Waals surface area contributed by atoms with Gasteiger partial charge in [0.1, 0.15) is 5.69 Å². The lowest BCUT2D eigenvalue weighted by Gasteiger charge is -2.11. The minimum absolute atomic E-state index is 0.0926. The summed E-state index contributed by atoms with van der Waals surface area (Å²) in [6.45, 7) is 1.10. The zero-order chi connectivity index (χ0) is 24.2. The zero-order valence-electron chi connectivity index (χ0n) is 18.9. The molecule has 0 saturated carbocycles. The number of amides is 1. The molecule has 1 amide bonds. The van der Waals surface area contributed by atoms with E-state index in [1.807, 2.05) is 0 Å². The number of esters is 2. The second-order valence-electron chi connectivity index (χ2n) is 7.51. The summed E-state index contributed by atoms with van der Waals surface area (Å²) in [4.78, 5) is 37.3. The van der Waals surface area contributed by atoms with Crippen LogP contribution in [0.5, 0.6) is 11.5 Å². The van der Waals surface area contributed by atoms with Gasteiger partial charge in [-0.1, -0.05) is 0 Å². The molecular formula is C24H23N3O7. The van der Waals surface area contributed by atoms with E-state index in [0.29, 0.717) is 41.5 Å². The lowest BCUT2D eigenvalue weighted by atomic mass is 10.1. The number of rotatable bonds is 5. The third kappa shape index (κ3) is 4.70. The van der Waals surface area contributed by atoms with E-state index in [4.69, 9.17) is 18.9 Å². The predicted octanol–water partition coefficient (Wildman–Crippen LogP) is 3.07. The monoisotopic (exact) mass is 465 g/mol. The molecule has 0 saturated heterocycles. The molecular weight excluding hydrogens is 442 g/mol. The fourth-order valence-electron chi connectivity index (χ4n) is 3.55. The Kier molecular flexibility index (Phi) is 6.48. The van der Waals surface area contributed by atoms with Gasteiger partial charge in [0.2, 0.25) is 0 Å². The van der Waals surface area contributed by atoms with E-state index in [9.17, 15) is 14.4 Å². The molecule has 0 bridgehead atoms. The average Bonchev–Trinajstić information content (AvgIpc) is 3.09. The van der Waals surface area contributed by atoms with Gasteiger partial charge in [-0.25, -0.2) is 9.59 Å². The lowest BCUT2D eigenvalue weighted by molar-refractivity contribution is 0.0599. The minimum Gasteiger partial charge on any atom is -0.490 e. The number of carbonyl (C=O) groups excluding carboxylic acids is 3. The highest BCUT2D eigenvalue weighted by Gasteiger charge is 2.21. The molecule has 10 nitrogen and oxygen atoms in total. The van der Waals surface area contributed by atoms with Crippen LogP contribution in [-0.4, -0.2) is 55.1 Å². The Bertz CT molecular complexity index is 1230. The fraction of sp³-hybridized carbons (Fsp3) is 0.250. The number of fused-ring (bicyclic) bond motifs is 1. The first kappa shape index (κ1) is 22.8. The van der Waals surface area contributed by atoms with E-state index in [1.54, 1.807) is 31.4 Å². The number of hydrogen-bond donors (Lipinski definition) is 1. The smallest absolute Gasteiger partial charge is 0.337 e. The summed E-state index contributed by atoms with van der Waals surface area (Å²) in [6.07, 6.45) is 2.36. The van der Waals surface area contributed by atoms with Gasteiger partial charge in [0.15, 0.2) is 11.5 Å². The van der Waals surface area contributed by atoms with Crippen LogP contribution in [0.1, 0.15) is 37.5 Å². The molecule has 1 aliphatic heterocycles. The van der Waals surface area contributed by atoms with Crippen LogP contribution in [0.15, 0.2) is 42.6 Å². The van der Waals surface area contributed by atoms with E-state index < -0.39 is 17.8 Å². The Hall–Kier alpha value is -4.34. The van der Waals surface area contributed by atoms with Crippen LogP contribution >= 0.6 is 0 Å². The standard InChI is InChI=1S/C24H23N3O7/c1-27-13-18(21(26-27)14-5-6-19-20(12-14)34-8-4-7-33-19)22(28)25-17-10-15(23(29)31-2)9-16(11-17)24(30)32-3/h5-6,9-13H,4,7-8H2,1-3H3,(H,25,28). The van der Waals surface area contributed by atoms with E-state index in [1.165, 1.54) is 37.1 Å². The zero-order valence-corrected chi connectivity index (χ0v) is 18.9. The summed E-state index contributed by atoms with van der Waals surface area (Å²) in [5.74, 6) is -0.572. The largest absolute Gasteiger partial charge is 0.490 e. The van der Waals surface area contributed by atoms with Crippen molar-refractivity contribution in [3.05, 3.63) is 59.3 Å². The molecule has 34 heavy (non-hydrogen) atoms. The highest BCUT2D eigenvalue weighted by molar-refractivity contribution is 6.09. The number of benzene rings is 2. The molecule has 2 heterocycles.